The second-order valence-electron chi connectivity index (χ2n) is 3.62. The number of H-pyrrole nitrogens is 1. The predicted octanol–water partition coefficient (Wildman–Crippen LogP) is 2.32. The highest BCUT2D eigenvalue weighted by Gasteiger charge is 2.10. The van der Waals surface area contributed by atoms with Crippen LogP contribution in [-0.2, 0) is 0 Å². The van der Waals surface area contributed by atoms with Crippen molar-refractivity contribution in [1.82, 2.24) is 10.2 Å². The van der Waals surface area contributed by atoms with Crippen molar-refractivity contribution >= 4 is 33.3 Å². The first-order valence-corrected chi connectivity index (χ1v) is 5.73. The van der Waals surface area contributed by atoms with Gasteiger partial charge in [-0.2, -0.15) is 5.10 Å². The molecule has 1 aromatic heterocycles. The summed E-state index contributed by atoms with van der Waals surface area (Å²) in [5, 5.41) is 9.00. The summed E-state index contributed by atoms with van der Waals surface area (Å²) in [6.07, 6.45) is 1.45. The number of nitrogens with zero attached hydrogens (tertiary/aromatic N) is 1. The van der Waals surface area contributed by atoms with Gasteiger partial charge in [0.2, 0.25) is 0 Å². The largest absolute Gasteiger partial charge is 0.394 e. The number of halogens is 1. The van der Waals surface area contributed by atoms with Crippen LogP contribution in [0.3, 0.4) is 0 Å². The van der Waals surface area contributed by atoms with Crippen LogP contribution in [0.4, 0.5) is 11.5 Å². The van der Waals surface area contributed by atoms with Crippen molar-refractivity contribution in [2.75, 3.05) is 11.1 Å². The van der Waals surface area contributed by atoms with Gasteiger partial charge >= 0.3 is 0 Å². The van der Waals surface area contributed by atoms with Crippen LogP contribution in [0, 0.1) is 6.92 Å². The number of anilines is 2. The summed E-state index contributed by atoms with van der Waals surface area (Å²) in [6, 6.07) is 5.37. The molecule has 1 amide bonds. The van der Waals surface area contributed by atoms with Gasteiger partial charge in [-0.05, 0) is 30.7 Å². The van der Waals surface area contributed by atoms with Gasteiger partial charge in [-0.1, -0.05) is 15.9 Å². The van der Waals surface area contributed by atoms with Crippen LogP contribution in [0.15, 0.2) is 28.9 Å². The molecule has 0 saturated carbocycles. The molecule has 0 aliphatic carbocycles. The average molecular weight is 295 g/mol. The molecule has 0 bridgehead atoms. The number of carbonyl (C=O) groups excluding carboxylic acids is 1. The van der Waals surface area contributed by atoms with Crippen molar-refractivity contribution in [1.29, 1.82) is 0 Å². The number of hydrogen-bond acceptors (Lipinski definition) is 3. The Labute approximate surface area is 107 Å². The number of aryl methyl sites for hydroxylation is 1. The molecule has 0 radical (unpaired) electrons. The van der Waals surface area contributed by atoms with Crippen molar-refractivity contribution in [2.45, 2.75) is 6.92 Å². The van der Waals surface area contributed by atoms with E-state index in [0.717, 1.165) is 10.0 Å². The van der Waals surface area contributed by atoms with E-state index in [4.69, 9.17) is 5.73 Å². The Morgan fingerprint density at radius 1 is 1.53 bits per heavy atom. The topological polar surface area (TPSA) is 83.8 Å². The van der Waals surface area contributed by atoms with Gasteiger partial charge in [0.25, 0.3) is 5.91 Å². The summed E-state index contributed by atoms with van der Waals surface area (Å²) < 4.78 is 0.968. The lowest BCUT2D eigenvalue weighted by Gasteiger charge is -2.05. The second kappa shape index (κ2) is 4.58. The number of rotatable bonds is 2. The minimum atomic E-state index is -0.225. The molecule has 0 aliphatic heterocycles. The number of nitrogen functional groups attached to an aromatic ring is 1. The molecule has 2 aromatic rings. The molecule has 88 valence electrons. The fraction of sp³-hybridized carbons (Fsp3) is 0.0909. The zero-order chi connectivity index (χ0) is 12.4. The van der Waals surface area contributed by atoms with E-state index in [1.54, 1.807) is 12.1 Å². The molecule has 1 heterocycles. The summed E-state index contributed by atoms with van der Waals surface area (Å²) in [4.78, 5) is 11.9. The fourth-order valence-electron chi connectivity index (χ4n) is 1.37. The quantitative estimate of drug-likeness (QED) is 0.795. The summed E-state index contributed by atoms with van der Waals surface area (Å²) in [7, 11) is 0. The van der Waals surface area contributed by atoms with Crippen LogP contribution in [0.5, 0.6) is 0 Å². The maximum Gasteiger partial charge on any atom is 0.256 e. The minimum Gasteiger partial charge on any atom is -0.394 e. The molecule has 0 saturated heterocycles. The summed E-state index contributed by atoms with van der Waals surface area (Å²) >= 11 is 3.38. The third-order valence-electron chi connectivity index (χ3n) is 2.33. The molecule has 2 rings (SSSR count). The standard InChI is InChI=1S/C11H11BrN4O/c1-6-4-7(2-3-8(6)12)11(17)15-10-9(13)5-14-16-10/h2-5H,13H2,1H3,(H2,14,15,16,17). The number of aromatic nitrogens is 2. The van der Waals surface area contributed by atoms with Gasteiger partial charge in [0, 0.05) is 10.0 Å². The first kappa shape index (κ1) is 11.7. The number of amides is 1. The van der Waals surface area contributed by atoms with Crippen LogP contribution in [0.2, 0.25) is 0 Å². The summed E-state index contributed by atoms with van der Waals surface area (Å²) in [5.41, 5.74) is 7.58. The zero-order valence-corrected chi connectivity index (χ0v) is 10.7. The Balaban J connectivity index is 2.20. The highest BCUT2D eigenvalue weighted by atomic mass is 79.9. The smallest absolute Gasteiger partial charge is 0.256 e. The monoisotopic (exact) mass is 294 g/mol. The first-order valence-electron chi connectivity index (χ1n) is 4.94. The van der Waals surface area contributed by atoms with Gasteiger partial charge in [-0.15, -0.1) is 0 Å². The van der Waals surface area contributed by atoms with E-state index in [0.29, 0.717) is 17.1 Å². The Morgan fingerprint density at radius 3 is 2.88 bits per heavy atom. The highest BCUT2D eigenvalue weighted by Crippen LogP contribution is 2.19. The maximum absolute atomic E-state index is 11.9. The van der Waals surface area contributed by atoms with Crippen LogP contribution in [0.25, 0.3) is 0 Å². The van der Waals surface area contributed by atoms with Crippen molar-refractivity contribution in [3.63, 3.8) is 0 Å². The Kier molecular flexibility index (Phi) is 3.14. The van der Waals surface area contributed by atoms with Crippen molar-refractivity contribution in [2.24, 2.45) is 0 Å². The van der Waals surface area contributed by atoms with E-state index in [-0.39, 0.29) is 5.91 Å². The SMILES string of the molecule is Cc1cc(C(=O)Nc2[nH]ncc2N)ccc1Br. The van der Waals surface area contributed by atoms with E-state index in [1.807, 2.05) is 13.0 Å². The average Bonchev–Trinajstić information content (AvgIpc) is 2.68. The molecular weight excluding hydrogens is 284 g/mol. The lowest BCUT2D eigenvalue weighted by atomic mass is 10.1. The maximum atomic E-state index is 11.9. The zero-order valence-electron chi connectivity index (χ0n) is 9.12. The minimum absolute atomic E-state index is 0.225. The molecule has 0 spiro atoms. The predicted molar refractivity (Wildman–Crippen MR) is 69.8 cm³/mol. The van der Waals surface area contributed by atoms with Crippen molar-refractivity contribution < 1.29 is 4.79 Å². The van der Waals surface area contributed by atoms with Crippen molar-refractivity contribution in [3.8, 4) is 0 Å². The number of benzene rings is 1. The van der Waals surface area contributed by atoms with Gasteiger partial charge in [0.05, 0.1) is 11.9 Å². The van der Waals surface area contributed by atoms with Crippen LogP contribution in [-0.4, -0.2) is 16.1 Å². The first-order chi connectivity index (χ1) is 8.08. The number of nitrogens with one attached hydrogen (secondary N) is 2. The Morgan fingerprint density at radius 2 is 2.29 bits per heavy atom. The van der Waals surface area contributed by atoms with E-state index in [9.17, 15) is 4.79 Å². The summed E-state index contributed by atoms with van der Waals surface area (Å²) in [5.74, 6) is 0.187. The fourth-order valence-corrected chi connectivity index (χ4v) is 1.61. The number of carbonyl (C=O) groups is 1. The van der Waals surface area contributed by atoms with Gasteiger partial charge in [-0.25, -0.2) is 0 Å². The van der Waals surface area contributed by atoms with E-state index >= 15 is 0 Å². The van der Waals surface area contributed by atoms with Gasteiger partial charge < -0.3 is 11.1 Å². The molecular formula is C11H11BrN4O. The molecule has 5 nitrogen and oxygen atoms in total. The lowest BCUT2D eigenvalue weighted by Crippen LogP contribution is -2.13. The van der Waals surface area contributed by atoms with Crippen LogP contribution in [0.1, 0.15) is 15.9 Å². The lowest BCUT2D eigenvalue weighted by molar-refractivity contribution is 0.102. The Hall–Kier alpha value is -1.82. The number of aromatic amines is 1. The number of nitrogens with two attached hydrogens (primary N) is 1. The highest BCUT2D eigenvalue weighted by molar-refractivity contribution is 9.10. The molecule has 0 atom stereocenters. The van der Waals surface area contributed by atoms with E-state index in [2.05, 4.69) is 31.4 Å². The summed E-state index contributed by atoms with van der Waals surface area (Å²) in [6.45, 7) is 1.92. The third kappa shape index (κ3) is 2.47. The molecule has 0 unspecified atom stereocenters. The third-order valence-corrected chi connectivity index (χ3v) is 3.22. The van der Waals surface area contributed by atoms with Crippen molar-refractivity contribution in [3.05, 3.63) is 40.0 Å². The van der Waals surface area contributed by atoms with Gasteiger partial charge in [0.15, 0.2) is 5.82 Å². The normalized spacial score (nSPS) is 10.2. The number of hydrogen-bond donors (Lipinski definition) is 3. The molecule has 1 aromatic carbocycles. The van der Waals surface area contributed by atoms with Crippen LogP contribution < -0.4 is 11.1 Å². The molecule has 17 heavy (non-hydrogen) atoms. The van der Waals surface area contributed by atoms with E-state index in [1.165, 1.54) is 6.20 Å². The molecule has 4 N–H and O–H groups in total. The Bertz CT molecular complexity index is 564. The second-order valence-corrected chi connectivity index (χ2v) is 4.47. The molecule has 6 heteroatoms. The molecule has 0 fully saturated rings. The van der Waals surface area contributed by atoms with Crippen LogP contribution >= 0.6 is 15.9 Å². The van der Waals surface area contributed by atoms with E-state index < -0.39 is 0 Å². The molecule has 0 aliphatic rings. The van der Waals surface area contributed by atoms with Gasteiger partial charge in [0.1, 0.15) is 0 Å². The van der Waals surface area contributed by atoms with Gasteiger partial charge in [-0.3, -0.25) is 9.89 Å².